The highest BCUT2D eigenvalue weighted by Crippen LogP contribution is 2.31. The van der Waals surface area contributed by atoms with Crippen LogP contribution >= 0.6 is 0 Å². The van der Waals surface area contributed by atoms with E-state index in [9.17, 15) is 9.18 Å². The lowest BCUT2D eigenvalue weighted by Gasteiger charge is -2.35. The third kappa shape index (κ3) is 4.80. The molecule has 1 saturated heterocycles. The van der Waals surface area contributed by atoms with E-state index in [1.807, 2.05) is 55.5 Å². The van der Waals surface area contributed by atoms with Crippen molar-refractivity contribution in [1.82, 2.24) is 9.47 Å². The van der Waals surface area contributed by atoms with Crippen LogP contribution in [0.4, 0.5) is 10.1 Å². The summed E-state index contributed by atoms with van der Waals surface area (Å²) in [5.74, 6) is 0.649. The molecule has 0 bridgehead atoms. The Morgan fingerprint density at radius 3 is 2.34 bits per heavy atom. The second kappa shape index (κ2) is 9.92. The van der Waals surface area contributed by atoms with Gasteiger partial charge in [-0.05, 0) is 55.0 Å². The van der Waals surface area contributed by atoms with E-state index < -0.39 is 0 Å². The fourth-order valence-corrected chi connectivity index (χ4v) is 5.01. The molecule has 5 rings (SSSR count). The third-order valence-corrected chi connectivity index (χ3v) is 6.92. The van der Waals surface area contributed by atoms with Gasteiger partial charge in [0.05, 0.1) is 13.7 Å². The zero-order valence-corrected chi connectivity index (χ0v) is 20.2. The maximum Gasteiger partial charge on any atom is 0.179 e. The number of carbonyl (C=O) groups excluding carboxylic acids is 1. The van der Waals surface area contributed by atoms with Gasteiger partial charge in [-0.25, -0.2) is 4.39 Å². The van der Waals surface area contributed by atoms with Gasteiger partial charge in [0, 0.05) is 60.6 Å². The quantitative estimate of drug-likeness (QED) is 0.350. The SMILES string of the molecule is COc1ccc2c(c1)c(C(=O)CN1CCN(c3ccc(F)cc3)CC1)c(C)n2Cc1ccccc1. The number of carbonyl (C=O) groups is 1. The van der Waals surface area contributed by atoms with E-state index in [1.165, 1.54) is 17.7 Å². The van der Waals surface area contributed by atoms with Crippen LogP contribution in [0, 0.1) is 12.7 Å². The molecular formula is C29H30FN3O2. The van der Waals surface area contributed by atoms with Gasteiger partial charge < -0.3 is 14.2 Å². The molecule has 1 aliphatic rings. The van der Waals surface area contributed by atoms with Crippen LogP contribution in [0.1, 0.15) is 21.6 Å². The van der Waals surface area contributed by atoms with Crippen molar-refractivity contribution in [2.24, 2.45) is 0 Å². The number of halogens is 1. The van der Waals surface area contributed by atoms with Crippen molar-refractivity contribution in [3.05, 3.63) is 95.4 Å². The average Bonchev–Trinajstić information content (AvgIpc) is 3.16. The highest BCUT2D eigenvalue weighted by Gasteiger charge is 2.25. The van der Waals surface area contributed by atoms with Crippen LogP contribution < -0.4 is 9.64 Å². The van der Waals surface area contributed by atoms with Crippen LogP contribution in [-0.4, -0.2) is 55.1 Å². The minimum Gasteiger partial charge on any atom is -0.497 e. The molecule has 35 heavy (non-hydrogen) atoms. The number of methoxy groups -OCH3 is 1. The number of ketones is 1. The first-order chi connectivity index (χ1) is 17.0. The summed E-state index contributed by atoms with van der Waals surface area (Å²) >= 11 is 0. The second-order valence-corrected chi connectivity index (χ2v) is 9.08. The molecule has 1 aliphatic heterocycles. The number of rotatable bonds is 7. The van der Waals surface area contributed by atoms with Crippen molar-refractivity contribution in [1.29, 1.82) is 0 Å². The van der Waals surface area contributed by atoms with Crippen LogP contribution in [0.25, 0.3) is 10.9 Å². The fourth-order valence-electron chi connectivity index (χ4n) is 5.01. The van der Waals surface area contributed by atoms with Gasteiger partial charge in [0.15, 0.2) is 5.78 Å². The van der Waals surface area contributed by atoms with E-state index >= 15 is 0 Å². The summed E-state index contributed by atoms with van der Waals surface area (Å²) in [7, 11) is 1.65. The van der Waals surface area contributed by atoms with E-state index in [0.29, 0.717) is 13.1 Å². The molecule has 4 aromatic rings. The number of benzene rings is 3. The van der Waals surface area contributed by atoms with Crippen molar-refractivity contribution in [3.8, 4) is 5.75 Å². The lowest BCUT2D eigenvalue weighted by atomic mass is 10.1. The molecule has 5 nitrogen and oxygen atoms in total. The first-order valence-electron chi connectivity index (χ1n) is 12.0. The minimum absolute atomic E-state index is 0.128. The predicted octanol–water partition coefficient (Wildman–Crippen LogP) is 5.15. The molecule has 180 valence electrons. The highest BCUT2D eigenvalue weighted by atomic mass is 19.1. The van der Waals surface area contributed by atoms with Gasteiger partial charge in [-0.15, -0.1) is 0 Å². The number of hydrogen-bond acceptors (Lipinski definition) is 4. The Kier molecular flexibility index (Phi) is 6.55. The molecule has 0 aliphatic carbocycles. The number of hydrogen-bond donors (Lipinski definition) is 0. The molecule has 0 radical (unpaired) electrons. The van der Waals surface area contributed by atoms with Crippen molar-refractivity contribution in [2.75, 3.05) is 44.7 Å². The molecule has 0 atom stereocenters. The Morgan fingerprint density at radius 2 is 1.66 bits per heavy atom. The van der Waals surface area contributed by atoms with Crippen molar-refractivity contribution in [2.45, 2.75) is 13.5 Å². The summed E-state index contributed by atoms with van der Waals surface area (Å²) in [4.78, 5) is 18.1. The zero-order valence-electron chi connectivity index (χ0n) is 20.2. The summed E-state index contributed by atoms with van der Waals surface area (Å²) in [6.07, 6.45) is 0. The Bertz CT molecular complexity index is 1320. The lowest BCUT2D eigenvalue weighted by Crippen LogP contribution is -2.48. The van der Waals surface area contributed by atoms with E-state index in [2.05, 4.69) is 26.5 Å². The summed E-state index contributed by atoms with van der Waals surface area (Å²) in [6, 6.07) is 22.9. The van der Waals surface area contributed by atoms with Crippen molar-refractivity contribution >= 4 is 22.4 Å². The lowest BCUT2D eigenvalue weighted by molar-refractivity contribution is 0.0927. The van der Waals surface area contributed by atoms with Gasteiger partial charge in [-0.1, -0.05) is 30.3 Å². The smallest absolute Gasteiger partial charge is 0.179 e. The van der Waals surface area contributed by atoms with Gasteiger partial charge in [0.25, 0.3) is 0 Å². The van der Waals surface area contributed by atoms with Crippen LogP contribution in [-0.2, 0) is 6.54 Å². The molecule has 0 N–H and O–H groups in total. The maximum absolute atomic E-state index is 13.7. The normalized spacial score (nSPS) is 14.4. The summed E-state index contributed by atoms with van der Waals surface area (Å²) < 4.78 is 21.0. The predicted molar refractivity (Wildman–Crippen MR) is 138 cm³/mol. The highest BCUT2D eigenvalue weighted by molar-refractivity contribution is 6.10. The summed E-state index contributed by atoms with van der Waals surface area (Å²) in [5, 5.41) is 0.938. The van der Waals surface area contributed by atoms with E-state index in [-0.39, 0.29) is 11.6 Å². The molecule has 1 fully saturated rings. The van der Waals surface area contributed by atoms with Crippen LogP contribution in [0.3, 0.4) is 0 Å². The number of nitrogens with zero attached hydrogens (tertiary/aromatic N) is 3. The van der Waals surface area contributed by atoms with E-state index in [0.717, 1.165) is 59.8 Å². The van der Waals surface area contributed by atoms with Gasteiger partial charge in [0.2, 0.25) is 0 Å². The zero-order chi connectivity index (χ0) is 24.4. The molecule has 0 spiro atoms. The minimum atomic E-state index is -0.226. The number of anilines is 1. The largest absolute Gasteiger partial charge is 0.497 e. The number of Topliss-reactive ketones (excluding diaryl/α,β-unsaturated/α-hetero) is 1. The summed E-state index contributed by atoms with van der Waals surface area (Å²) in [6.45, 7) is 6.30. The Balaban J connectivity index is 1.37. The average molecular weight is 472 g/mol. The topological polar surface area (TPSA) is 37.7 Å². The Hall–Kier alpha value is -3.64. The van der Waals surface area contributed by atoms with E-state index in [1.54, 1.807) is 7.11 Å². The van der Waals surface area contributed by atoms with Gasteiger partial charge in [-0.2, -0.15) is 0 Å². The van der Waals surface area contributed by atoms with Gasteiger partial charge in [-0.3, -0.25) is 9.69 Å². The number of fused-ring (bicyclic) bond motifs is 1. The maximum atomic E-state index is 13.7. The molecule has 0 saturated carbocycles. The second-order valence-electron chi connectivity index (χ2n) is 9.08. The third-order valence-electron chi connectivity index (χ3n) is 6.92. The standard InChI is InChI=1S/C29H30FN3O2/c1-21-29(28(34)20-31-14-16-32(17-15-31)24-10-8-23(30)9-11-24)26-18-25(35-2)12-13-27(26)33(21)19-22-6-4-3-5-7-22/h3-13,18H,14-17,19-20H2,1-2H3. The van der Waals surface area contributed by atoms with Gasteiger partial charge in [0.1, 0.15) is 11.6 Å². The number of aromatic nitrogens is 1. The fraction of sp³-hybridized carbons (Fsp3) is 0.276. The van der Waals surface area contributed by atoms with Crippen LogP contribution in [0.5, 0.6) is 5.75 Å². The molecule has 1 aromatic heterocycles. The molecule has 0 unspecified atom stereocenters. The van der Waals surface area contributed by atoms with Crippen molar-refractivity contribution in [3.63, 3.8) is 0 Å². The Morgan fingerprint density at radius 1 is 0.943 bits per heavy atom. The molecular weight excluding hydrogens is 441 g/mol. The first-order valence-corrected chi connectivity index (χ1v) is 12.0. The van der Waals surface area contributed by atoms with Crippen LogP contribution in [0.2, 0.25) is 0 Å². The van der Waals surface area contributed by atoms with Gasteiger partial charge >= 0.3 is 0 Å². The first kappa shape index (κ1) is 23.1. The monoisotopic (exact) mass is 471 g/mol. The van der Waals surface area contributed by atoms with E-state index in [4.69, 9.17) is 4.74 Å². The summed E-state index contributed by atoms with van der Waals surface area (Å²) in [5.41, 5.74) is 5.00. The molecule has 3 aromatic carbocycles. The molecule has 0 amide bonds. The van der Waals surface area contributed by atoms with Crippen LogP contribution in [0.15, 0.2) is 72.8 Å². The number of ether oxygens (including phenoxy) is 1. The molecule has 2 heterocycles. The van der Waals surface area contributed by atoms with Crippen molar-refractivity contribution < 1.29 is 13.9 Å². The number of piperazine rings is 1. The molecule has 6 heteroatoms. The Labute approximate surface area is 205 Å².